The van der Waals surface area contributed by atoms with Crippen molar-refractivity contribution in [3.05, 3.63) is 46.0 Å². The van der Waals surface area contributed by atoms with Crippen molar-refractivity contribution in [1.82, 2.24) is 9.97 Å². The average Bonchev–Trinajstić information content (AvgIpc) is 3.03. The molecule has 0 aliphatic carbocycles. The molecule has 0 bridgehead atoms. The summed E-state index contributed by atoms with van der Waals surface area (Å²) in [6.45, 7) is 0. The molecular weight excluding hydrogens is 236 g/mol. The highest BCUT2D eigenvalue weighted by molar-refractivity contribution is 7.08. The van der Waals surface area contributed by atoms with Crippen molar-refractivity contribution in [1.29, 1.82) is 0 Å². The topological polar surface area (TPSA) is 25.8 Å². The minimum absolute atomic E-state index is 0.960. The maximum atomic E-state index is 4.43. The number of hydrogen-bond donors (Lipinski definition) is 0. The van der Waals surface area contributed by atoms with E-state index in [4.69, 9.17) is 0 Å². The maximum Gasteiger partial charge on any atom is 0.0973 e. The van der Waals surface area contributed by atoms with E-state index in [1.165, 1.54) is 0 Å². The molecule has 0 aromatic carbocycles. The van der Waals surface area contributed by atoms with Crippen LogP contribution in [-0.4, -0.2) is 9.97 Å². The van der Waals surface area contributed by atoms with Crippen LogP contribution in [0.5, 0.6) is 0 Å². The Labute approximate surface area is 101 Å². The molecule has 0 saturated carbocycles. The molecule has 3 heterocycles. The molecule has 16 heavy (non-hydrogen) atoms. The van der Waals surface area contributed by atoms with Crippen molar-refractivity contribution in [2.75, 3.05) is 0 Å². The van der Waals surface area contributed by atoms with Crippen LogP contribution in [0.4, 0.5) is 0 Å². The minimum atomic E-state index is 0.960. The maximum absolute atomic E-state index is 4.43. The van der Waals surface area contributed by atoms with Gasteiger partial charge < -0.3 is 0 Å². The molecule has 0 amide bonds. The zero-order valence-electron chi connectivity index (χ0n) is 8.33. The summed E-state index contributed by atoms with van der Waals surface area (Å²) in [5, 5.41) is 8.31. The van der Waals surface area contributed by atoms with Crippen LogP contribution in [0.3, 0.4) is 0 Å². The highest BCUT2D eigenvalue weighted by Gasteiger charge is 2.10. The molecule has 0 radical (unpaired) electrons. The van der Waals surface area contributed by atoms with Crippen molar-refractivity contribution in [2.45, 2.75) is 0 Å². The van der Waals surface area contributed by atoms with E-state index in [2.05, 4.69) is 43.6 Å². The van der Waals surface area contributed by atoms with Crippen molar-refractivity contribution in [3.8, 4) is 22.5 Å². The Morgan fingerprint density at radius 3 is 1.62 bits per heavy atom. The second kappa shape index (κ2) is 4.15. The predicted octanol–water partition coefficient (Wildman–Crippen LogP) is 3.93. The van der Waals surface area contributed by atoms with Crippen LogP contribution >= 0.6 is 22.7 Å². The van der Waals surface area contributed by atoms with Gasteiger partial charge >= 0.3 is 0 Å². The van der Waals surface area contributed by atoms with Crippen LogP contribution in [0.2, 0.25) is 0 Å². The van der Waals surface area contributed by atoms with Gasteiger partial charge in [-0.05, 0) is 22.9 Å². The number of aromatic nitrogens is 2. The van der Waals surface area contributed by atoms with Gasteiger partial charge in [0.1, 0.15) is 0 Å². The highest BCUT2D eigenvalue weighted by Crippen LogP contribution is 2.30. The fourth-order valence-corrected chi connectivity index (χ4v) is 2.84. The van der Waals surface area contributed by atoms with Crippen LogP contribution in [0.15, 0.2) is 46.0 Å². The predicted molar refractivity (Wildman–Crippen MR) is 68.7 cm³/mol. The smallest absolute Gasteiger partial charge is 0.0973 e. The fourth-order valence-electron chi connectivity index (χ4n) is 1.56. The summed E-state index contributed by atoms with van der Waals surface area (Å²) in [4.78, 5) is 8.85. The molecule has 4 heteroatoms. The van der Waals surface area contributed by atoms with Gasteiger partial charge in [0.2, 0.25) is 0 Å². The molecule has 3 aromatic heterocycles. The third-order valence-electron chi connectivity index (χ3n) is 2.29. The Hall–Kier alpha value is -1.52. The van der Waals surface area contributed by atoms with Crippen LogP contribution in [0.1, 0.15) is 0 Å². The Balaban J connectivity index is 2.19. The van der Waals surface area contributed by atoms with Gasteiger partial charge in [0, 0.05) is 34.3 Å². The molecule has 0 aliphatic rings. The molecular formula is C12H8N2S2. The molecule has 2 nitrogen and oxygen atoms in total. The first-order chi connectivity index (χ1) is 7.95. The van der Waals surface area contributed by atoms with E-state index in [1.807, 2.05) is 0 Å². The molecule has 0 fully saturated rings. The van der Waals surface area contributed by atoms with Gasteiger partial charge in [-0.2, -0.15) is 22.7 Å². The molecule has 3 aromatic rings. The van der Waals surface area contributed by atoms with Gasteiger partial charge in [0.05, 0.1) is 11.4 Å². The van der Waals surface area contributed by atoms with Gasteiger partial charge in [0.25, 0.3) is 0 Å². The van der Waals surface area contributed by atoms with Crippen molar-refractivity contribution >= 4 is 22.7 Å². The molecule has 78 valence electrons. The quantitative estimate of drug-likeness (QED) is 0.682. The van der Waals surface area contributed by atoms with E-state index in [1.54, 1.807) is 35.1 Å². The number of hydrogen-bond acceptors (Lipinski definition) is 4. The Bertz CT molecular complexity index is 518. The summed E-state index contributed by atoms with van der Waals surface area (Å²) in [5.74, 6) is 0. The lowest BCUT2D eigenvalue weighted by Crippen LogP contribution is -1.89. The van der Waals surface area contributed by atoms with Crippen molar-refractivity contribution in [3.63, 3.8) is 0 Å². The van der Waals surface area contributed by atoms with Gasteiger partial charge in [-0.1, -0.05) is 0 Å². The van der Waals surface area contributed by atoms with E-state index >= 15 is 0 Å². The van der Waals surface area contributed by atoms with Crippen LogP contribution < -0.4 is 0 Å². The second-order valence-corrected chi connectivity index (χ2v) is 4.84. The standard InChI is InChI=1S/C12H8N2S2/c1-5-15-7-9(1)11-12(14-4-3-13-11)10-2-6-16-8-10/h1-8H. The fraction of sp³-hybridized carbons (Fsp3) is 0. The van der Waals surface area contributed by atoms with Crippen LogP contribution in [-0.2, 0) is 0 Å². The second-order valence-electron chi connectivity index (χ2n) is 3.28. The van der Waals surface area contributed by atoms with Gasteiger partial charge in [-0.25, -0.2) is 0 Å². The largest absolute Gasteiger partial charge is 0.252 e. The Kier molecular flexibility index (Phi) is 2.52. The summed E-state index contributed by atoms with van der Waals surface area (Å²) in [6.07, 6.45) is 3.48. The molecule has 0 N–H and O–H groups in total. The first-order valence-corrected chi connectivity index (χ1v) is 6.70. The van der Waals surface area contributed by atoms with E-state index in [0.717, 1.165) is 22.5 Å². The third kappa shape index (κ3) is 1.66. The lowest BCUT2D eigenvalue weighted by atomic mass is 10.1. The molecule has 0 atom stereocenters. The normalized spacial score (nSPS) is 10.5. The molecule has 0 aliphatic heterocycles. The molecule has 3 rings (SSSR count). The number of thiophene rings is 2. The zero-order chi connectivity index (χ0) is 10.8. The molecule has 0 saturated heterocycles. The summed E-state index contributed by atoms with van der Waals surface area (Å²) >= 11 is 3.35. The minimum Gasteiger partial charge on any atom is -0.252 e. The molecule has 0 spiro atoms. The van der Waals surface area contributed by atoms with E-state index in [9.17, 15) is 0 Å². The number of nitrogens with zero attached hydrogens (tertiary/aromatic N) is 2. The summed E-state index contributed by atoms with van der Waals surface area (Å²) in [6, 6.07) is 4.15. The van der Waals surface area contributed by atoms with E-state index in [0.29, 0.717) is 0 Å². The summed E-state index contributed by atoms with van der Waals surface area (Å²) < 4.78 is 0. The average molecular weight is 244 g/mol. The number of rotatable bonds is 2. The van der Waals surface area contributed by atoms with E-state index in [-0.39, 0.29) is 0 Å². The summed E-state index contributed by atoms with van der Waals surface area (Å²) in [7, 11) is 0. The molecule has 0 unspecified atom stereocenters. The van der Waals surface area contributed by atoms with Gasteiger partial charge in [-0.15, -0.1) is 0 Å². The lowest BCUT2D eigenvalue weighted by molar-refractivity contribution is 1.21. The van der Waals surface area contributed by atoms with Gasteiger partial charge in [0.15, 0.2) is 0 Å². The SMILES string of the molecule is c1cnc(-c2ccsc2)c(-c2ccsc2)n1. The van der Waals surface area contributed by atoms with Crippen LogP contribution in [0.25, 0.3) is 22.5 Å². The monoisotopic (exact) mass is 244 g/mol. The third-order valence-corrected chi connectivity index (χ3v) is 3.65. The van der Waals surface area contributed by atoms with Crippen molar-refractivity contribution < 1.29 is 0 Å². The highest BCUT2D eigenvalue weighted by atomic mass is 32.1. The van der Waals surface area contributed by atoms with E-state index < -0.39 is 0 Å². The summed E-state index contributed by atoms with van der Waals surface area (Å²) in [5.41, 5.74) is 4.20. The zero-order valence-corrected chi connectivity index (χ0v) is 9.96. The van der Waals surface area contributed by atoms with Crippen LogP contribution in [0, 0.1) is 0 Å². The van der Waals surface area contributed by atoms with Gasteiger partial charge in [-0.3, -0.25) is 9.97 Å². The van der Waals surface area contributed by atoms with Crippen molar-refractivity contribution in [2.24, 2.45) is 0 Å². The first-order valence-electron chi connectivity index (χ1n) is 4.81. The Morgan fingerprint density at radius 1 is 0.750 bits per heavy atom. The Morgan fingerprint density at radius 2 is 1.25 bits per heavy atom. The lowest BCUT2D eigenvalue weighted by Gasteiger charge is -2.03. The first kappa shape index (κ1) is 9.69.